The molecule has 2 heterocycles. The second-order valence-electron chi connectivity index (χ2n) is 5.30. The number of aromatic nitrogens is 1. The van der Waals surface area contributed by atoms with Crippen LogP contribution in [0.2, 0.25) is 0 Å². The lowest BCUT2D eigenvalue weighted by molar-refractivity contribution is -0.128. The second kappa shape index (κ2) is 7.02. The van der Waals surface area contributed by atoms with Crippen LogP contribution in [0.1, 0.15) is 17.7 Å². The number of aryl methyl sites for hydroxylation is 1. The highest BCUT2D eigenvalue weighted by Gasteiger charge is 2.33. The maximum atomic E-state index is 12.1. The Hall–Kier alpha value is -2.17. The van der Waals surface area contributed by atoms with Gasteiger partial charge in [-0.2, -0.15) is 0 Å². The molecule has 1 saturated heterocycles. The zero-order valence-corrected chi connectivity index (χ0v) is 12.3. The minimum Gasteiger partial charge on any atom is -0.355 e. The summed E-state index contributed by atoms with van der Waals surface area (Å²) >= 11 is 0. The van der Waals surface area contributed by atoms with E-state index in [1.165, 1.54) is 0 Å². The van der Waals surface area contributed by atoms with Gasteiger partial charge in [0.1, 0.15) is 0 Å². The van der Waals surface area contributed by atoms with E-state index in [9.17, 15) is 9.59 Å². The number of nitrogens with one attached hydrogen (secondary N) is 1. The van der Waals surface area contributed by atoms with Crippen molar-refractivity contribution in [2.75, 3.05) is 19.6 Å². The molecule has 0 radical (unpaired) electrons. The topological polar surface area (TPSA) is 62.3 Å². The Morgan fingerprint density at radius 3 is 3.14 bits per heavy atom. The Morgan fingerprint density at radius 1 is 1.62 bits per heavy atom. The number of rotatable bonds is 6. The number of hydrogen-bond donors (Lipinski definition) is 1. The molecule has 21 heavy (non-hydrogen) atoms. The fourth-order valence-corrected chi connectivity index (χ4v) is 2.51. The van der Waals surface area contributed by atoms with Crippen molar-refractivity contribution in [1.29, 1.82) is 0 Å². The number of carbonyl (C=O) groups excluding carboxylic acids is 2. The summed E-state index contributed by atoms with van der Waals surface area (Å²) in [5.74, 6) is -0.276. The van der Waals surface area contributed by atoms with Crippen molar-refractivity contribution < 1.29 is 9.59 Å². The van der Waals surface area contributed by atoms with Crippen molar-refractivity contribution in [1.82, 2.24) is 15.2 Å². The van der Waals surface area contributed by atoms with Crippen molar-refractivity contribution in [3.63, 3.8) is 0 Å². The highest BCUT2D eigenvalue weighted by atomic mass is 16.2. The number of likely N-dealkylation sites (tertiary alicyclic amines) is 1. The van der Waals surface area contributed by atoms with Crippen LogP contribution in [0.3, 0.4) is 0 Å². The fraction of sp³-hybridized carbons (Fsp3) is 0.438. The summed E-state index contributed by atoms with van der Waals surface area (Å²) in [7, 11) is 0. The minimum atomic E-state index is -0.248. The molecule has 1 fully saturated rings. The molecule has 0 aliphatic carbocycles. The van der Waals surface area contributed by atoms with Crippen LogP contribution in [0.15, 0.2) is 31.0 Å². The van der Waals surface area contributed by atoms with E-state index in [-0.39, 0.29) is 17.7 Å². The maximum Gasteiger partial charge on any atom is 0.225 e. The lowest BCUT2D eigenvalue weighted by Crippen LogP contribution is -2.34. The first-order chi connectivity index (χ1) is 10.1. The Morgan fingerprint density at radius 2 is 2.43 bits per heavy atom. The zero-order valence-electron chi connectivity index (χ0n) is 12.3. The molecular weight excluding hydrogens is 266 g/mol. The molecule has 1 aromatic rings. The second-order valence-corrected chi connectivity index (χ2v) is 5.30. The SMILES string of the molecule is C=CCN1C[C@H](C(=O)NCCc2ncccc2C)CC1=O. The smallest absolute Gasteiger partial charge is 0.225 e. The molecule has 0 saturated carbocycles. The van der Waals surface area contributed by atoms with Gasteiger partial charge < -0.3 is 10.2 Å². The highest BCUT2D eigenvalue weighted by molar-refractivity contribution is 5.89. The van der Waals surface area contributed by atoms with Crippen LogP contribution in [0.5, 0.6) is 0 Å². The summed E-state index contributed by atoms with van der Waals surface area (Å²) < 4.78 is 0. The fourth-order valence-electron chi connectivity index (χ4n) is 2.51. The first-order valence-corrected chi connectivity index (χ1v) is 7.18. The lowest BCUT2D eigenvalue weighted by atomic mass is 10.1. The molecule has 1 aromatic heterocycles. The Labute approximate surface area is 125 Å². The summed E-state index contributed by atoms with van der Waals surface area (Å²) in [6.07, 6.45) is 4.44. The van der Waals surface area contributed by atoms with Gasteiger partial charge in [0.25, 0.3) is 0 Å². The standard InChI is InChI=1S/C16H21N3O2/c1-3-9-19-11-13(10-15(19)20)16(21)18-8-6-14-12(2)5-4-7-17-14/h3-5,7,13H,1,6,8-11H2,2H3,(H,18,21)/t13-/m1/s1. The largest absolute Gasteiger partial charge is 0.355 e. The average Bonchev–Trinajstić information content (AvgIpc) is 2.83. The molecule has 0 aromatic carbocycles. The molecule has 1 aliphatic rings. The van der Waals surface area contributed by atoms with Gasteiger partial charge in [0.15, 0.2) is 0 Å². The van der Waals surface area contributed by atoms with Crippen LogP contribution in [-0.2, 0) is 16.0 Å². The Kier molecular flexibility index (Phi) is 5.09. The Bertz CT molecular complexity index is 542. The molecule has 0 unspecified atom stereocenters. The first-order valence-electron chi connectivity index (χ1n) is 7.18. The average molecular weight is 287 g/mol. The number of hydrogen-bond acceptors (Lipinski definition) is 3. The van der Waals surface area contributed by atoms with E-state index in [0.29, 0.717) is 32.5 Å². The van der Waals surface area contributed by atoms with Gasteiger partial charge in [-0.3, -0.25) is 14.6 Å². The molecule has 0 bridgehead atoms. The van der Waals surface area contributed by atoms with Gasteiger partial charge in [0.05, 0.1) is 5.92 Å². The molecule has 2 rings (SSSR count). The predicted molar refractivity (Wildman–Crippen MR) is 80.6 cm³/mol. The van der Waals surface area contributed by atoms with E-state index in [2.05, 4.69) is 16.9 Å². The summed E-state index contributed by atoms with van der Waals surface area (Å²) in [5.41, 5.74) is 2.12. The summed E-state index contributed by atoms with van der Waals surface area (Å²) in [6.45, 7) is 7.16. The minimum absolute atomic E-state index is 0.0237. The monoisotopic (exact) mass is 287 g/mol. The van der Waals surface area contributed by atoms with Gasteiger partial charge in [-0.05, 0) is 18.6 Å². The van der Waals surface area contributed by atoms with Gasteiger partial charge in [-0.15, -0.1) is 6.58 Å². The van der Waals surface area contributed by atoms with Crippen molar-refractivity contribution in [3.8, 4) is 0 Å². The maximum absolute atomic E-state index is 12.1. The van der Waals surface area contributed by atoms with Crippen LogP contribution in [0.25, 0.3) is 0 Å². The molecular formula is C16H21N3O2. The van der Waals surface area contributed by atoms with E-state index in [4.69, 9.17) is 0 Å². The van der Waals surface area contributed by atoms with Crippen LogP contribution in [0.4, 0.5) is 0 Å². The quantitative estimate of drug-likeness (QED) is 0.797. The summed E-state index contributed by atoms with van der Waals surface area (Å²) in [4.78, 5) is 29.7. The van der Waals surface area contributed by atoms with Crippen LogP contribution in [-0.4, -0.2) is 41.3 Å². The van der Waals surface area contributed by atoms with E-state index in [0.717, 1.165) is 11.3 Å². The third-order valence-corrected chi connectivity index (χ3v) is 3.71. The number of carbonyl (C=O) groups is 2. The van der Waals surface area contributed by atoms with E-state index >= 15 is 0 Å². The highest BCUT2D eigenvalue weighted by Crippen LogP contribution is 2.17. The van der Waals surface area contributed by atoms with E-state index in [1.807, 2.05) is 19.1 Å². The molecule has 1 aliphatic heterocycles. The molecule has 1 atom stereocenters. The van der Waals surface area contributed by atoms with E-state index in [1.54, 1.807) is 17.2 Å². The number of pyridine rings is 1. The predicted octanol–water partition coefficient (Wildman–Crippen LogP) is 1.08. The first kappa shape index (κ1) is 15.2. The lowest BCUT2D eigenvalue weighted by Gasteiger charge is -2.14. The third kappa shape index (κ3) is 3.90. The van der Waals surface area contributed by atoms with Crippen molar-refractivity contribution in [3.05, 3.63) is 42.2 Å². The van der Waals surface area contributed by atoms with E-state index < -0.39 is 0 Å². The van der Waals surface area contributed by atoms with Gasteiger partial charge in [0, 0.05) is 44.4 Å². The van der Waals surface area contributed by atoms with Gasteiger partial charge in [0.2, 0.25) is 11.8 Å². The molecule has 5 heteroatoms. The molecule has 2 amide bonds. The molecule has 0 spiro atoms. The van der Waals surface area contributed by atoms with Crippen molar-refractivity contribution in [2.24, 2.45) is 5.92 Å². The number of amides is 2. The van der Waals surface area contributed by atoms with Gasteiger partial charge >= 0.3 is 0 Å². The van der Waals surface area contributed by atoms with Crippen LogP contribution < -0.4 is 5.32 Å². The van der Waals surface area contributed by atoms with Gasteiger partial charge in [-0.25, -0.2) is 0 Å². The van der Waals surface area contributed by atoms with Crippen molar-refractivity contribution >= 4 is 11.8 Å². The third-order valence-electron chi connectivity index (χ3n) is 3.71. The zero-order chi connectivity index (χ0) is 15.2. The normalized spacial score (nSPS) is 17.9. The number of nitrogens with zero attached hydrogens (tertiary/aromatic N) is 2. The Balaban J connectivity index is 1.79. The molecule has 5 nitrogen and oxygen atoms in total. The molecule has 1 N–H and O–H groups in total. The molecule has 112 valence electrons. The summed E-state index contributed by atoms with van der Waals surface area (Å²) in [6, 6.07) is 3.91. The summed E-state index contributed by atoms with van der Waals surface area (Å²) in [5, 5.41) is 2.90. The van der Waals surface area contributed by atoms with Gasteiger partial charge in [-0.1, -0.05) is 12.1 Å². The van der Waals surface area contributed by atoms with Crippen LogP contribution >= 0.6 is 0 Å². The van der Waals surface area contributed by atoms with Crippen molar-refractivity contribution in [2.45, 2.75) is 19.8 Å². The van der Waals surface area contributed by atoms with Crippen LogP contribution in [0, 0.1) is 12.8 Å².